The minimum absolute atomic E-state index is 0.531. The van der Waals surface area contributed by atoms with Gasteiger partial charge in [-0.05, 0) is 80.9 Å². The maximum Gasteiger partial charge on any atom is 0.162 e. The summed E-state index contributed by atoms with van der Waals surface area (Å²) in [6.07, 6.45) is 0. The lowest BCUT2D eigenvalue weighted by molar-refractivity contribution is 0.436. The van der Waals surface area contributed by atoms with Crippen molar-refractivity contribution < 1.29 is 4.74 Å². The van der Waals surface area contributed by atoms with Crippen molar-refractivity contribution in [1.29, 1.82) is 0 Å². The number of nitrogens with zero attached hydrogens (tertiary/aromatic N) is 3. The highest BCUT2D eigenvalue weighted by molar-refractivity contribution is 6.10. The molecule has 9 aromatic carbocycles. The molecule has 3 heterocycles. The van der Waals surface area contributed by atoms with Crippen LogP contribution in [0.25, 0.3) is 83.6 Å². The van der Waals surface area contributed by atoms with Crippen LogP contribution in [0.4, 0.5) is 0 Å². The summed E-state index contributed by atoms with van der Waals surface area (Å²) in [7, 11) is 0. The molecule has 0 bridgehead atoms. The van der Waals surface area contributed by atoms with Gasteiger partial charge in [-0.1, -0.05) is 182 Å². The second-order valence-corrected chi connectivity index (χ2v) is 16.5. The number of hydrogen-bond acceptors (Lipinski definition) is 3. The Kier molecular flexibility index (Phi) is 7.79. The fraction of sp³-hybridized carbons (Fsp3) is 0.0169. The minimum atomic E-state index is -0.531. The van der Waals surface area contributed by atoms with Crippen molar-refractivity contribution in [3.8, 4) is 73.3 Å². The fourth-order valence-electron chi connectivity index (χ4n) is 10.3. The van der Waals surface area contributed by atoms with Gasteiger partial charge in [0.25, 0.3) is 0 Å². The average Bonchev–Trinajstić information content (AvgIpc) is 3.84. The average molecular weight is 804 g/mol. The normalized spacial score (nSPS) is 13.0. The highest BCUT2D eigenvalue weighted by Crippen LogP contribution is 2.62. The van der Waals surface area contributed by atoms with Crippen molar-refractivity contribution in [2.24, 2.45) is 0 Å². The van der Waals surface area contributed by atoms with Crippen LogP contribution in [0.2, 0.25) is 0 Å². The molecule has 0 saturated heterocycles. The monoisotopic (exact) mass is 803 g/mol. The zero-order valence-corrected chi connectivity index (χ0v) is 34.1. The van der Waals surface area contributed by atoms with Crippen LogP contribution in [0.3, 0.4) is 0 Å². The van der Waals surface area contributed by atoms with Crippen molar-refractivity contribution in [2.75, 3.05) is 0 Å². The Morgan fingerprint density at radius 2 is 0.889 bits per heavy atom. The Balaban J connectivity index is 0.988. The Morgan fingerprint density at radius 1 is 0.349 bits per heavy atom. The molecule has 0 saturated carbocycles. The van der Waals surface area contributed by atoms with E-state index in [2.05, 4.69) is 205 Å². The molecule has 294 valence electrons. The molecule has 63 heavy (non-hydrogen) atoms. The van der Waals surface area contributed by atoms with E-state index in [1.807, 2.05) is 24.3 Å². The molecule has 11 aromatic rings. The highest BCUT2D eigenvalue weighted by Gasteiger charge is 2.51. The van der Waals surface area contributed by atoms with E-state index in [4.69, 9.17) is 14.7 Å². The summed E-state index contributed by atoms with van der Waals surface area (Å²) in [6.45, 7) is 0. The van der Waals surface area contributed by atoms with Crippen LogP contribution in [-0.2, 0) is 5.41 Å². The molecule has 13 rings (SSSR count). The van der Waals surface area contributed by atoms with E-state index < -0.39 is 5.41 Å². The van der Waals surface area contributed by atoms with Crippen LogP contribution in [0, 0.1) is 0 Å². The number of benzene rings is 9. The lowest BCUT2D eigenvalue weighted by Crippen LogP contribution is -2.32. The SMILES string of the molecule is c1ccc(-c2ccc(-c3cc(-n4c5ccccc5c5cc(-c6ccc7c(c6)C6(c8ccccc8Oc8ccccc86)c6ccccc6-7)ccc54)nc(-c4ccccc4)n3)cc2)cc1. The number of hydrogen-bond donors (Lipinski definition) is 0. The van der Waals surface area contributed by atoms with Crippen LogP contribution in [0.15, 0.2) is 224 Å². The maximum atomic E-state index is 6.61. The van der Waals surface area contributed by atoms with Crippen LogP contribution >= 0.6 is 0 Å². The summed E-state index contributed by atoms with van der Waals surface area (Å²) < 4.78 is 8.91. The number of para-hydroxylation sites is 3. The number of ether oxygens (including phenoxy) is 1. The summed E-state index contributed by atoms with van der Waals surface area (Å²) in [5.41, 5.74) is 16.6. The van der Waals surface area contributed by atoms with Gasteiger partial charge >= 0.3 is 0 Å². The van der Waals surface area contributed by atoms with Gasteiger partial charge in [-0.2, -0.15) is 0 Å². The van der Waals surface area contributed by atoms with Crippen molar-refractivity contribution in [3.05, 3.63) is 247 Å². The van der Waals surface area contributed by atoms with Crippen LogP contribution in [0.1, 0.15) is 22.3 Å². The lowest BCUT2D eigenvalue weighted by Gasteiger charge is -2.39. The van der Waals surface area contributed by atoms with Crippen molar-refractivity contribution in [3.63, 3.8) is 0 Å². The first kappa shape index (κ1) is 35.4. The second kappa shape index (κ2) is 13.8. The van der Waals surface area contributed by atoms with Gasteiger partial charge in [0, 0.05) is 39.1 Å². The number of rotatable bonds is 5. The first-order chi connectivity index (χ1) is 31.2. The molecule has 0 N–H and O–H groups in total. The van der Waals surface area contributed by atoms with Crippen LogP contribution in [0.5, 0.6) is 11.5 Å². The first-order valence-electron chi connectivity index (χ1n) is 21.5. The van der Waals surface area contributed by atoms with Crippen LogP contribution < -0.4 is 4.74 Å². The molecule has 4 nitrogen and oxygen atoms in total. The summed E-state index contributed by atoms with van der Waals surface area (Å²) in [4.78, 5) is 10.5. The standard InChI is InChI=1S/C59H37N3O/c1-3-15-38(16-4-1)39-27-29-40(30-28-39)52-37-57(61-58(60-52)41-17-5-2-6-18-41)62-53-24-12-8-20-46(53)47-35-42(32-34-54(47)62)43-31-33-45-44-19-7-9-21-48(44)59(51(45)36-43)49-22-10-13-25-55(49)63-56-26-14-11-23-50(56)59/h1-37H. The minimum Gasteiger partial charge on any atom is -0.457 e. The van der Waals surface area contributed by atoms with Gasteiger partial charge in [0.1, 0.15) is 17.3 Å². The summed E-state index contributed by atoms with van der Waals surface area (Å²) in [6, 6.07) is 80.2. The van der Waals surface area contributed by atoms with Crippen LogP contribution in [-0.4, -0.2) is 14.5 Å². The van der Waals surface area contributed by atoms with E-state index >= 15 is 0 Å². The first-order valence-corrected chi connectivity index (χ1v) is 21.5. The summed E-state index contributed by atoms with van der Waals surface area (Å²) >= 11 is 0. The highest BCUT2D eigenvalue weighted by atomic mass is 16.5. The van der Waals surface area contributed by atoms with E-state index in [1.165, 1.54) is 38.8 Å². The number of aromatic nitrogens is 3. The third-order valence-electron chi connectivity index (χ3n) is 13.1. The van der Waals surface area contributed by atoms with E-state index in [0.29, 0.717) is 5.82 Å². The topological polar surface area (TPSA) is 39.9 Å². The Bertz CT molecular complexity index is 3540. The lowest BCUT2D eigenvalue weighted by atomic mass is 9.66. The second-order valence-electron chi connectivity index (χ2n) is 16.5. The molecular formula is C59H37N3O. The van der Waals surface area contributed by atoms with Gasteiger partial charge in [-0.15, -0.1) is 0 Å². The van der Waals surface area contributed by atoms with E-state index in [9.17, 15) is 0 Å². The Hall–Kier alpha value is -8.34. The van der Waals surface area contributed by atoms with Gasteiger partial charge in [-0.25, -0.2) is 9.97 Å². The third kappa shape index (κ3) is 5.35. The molecule has 1 aliphatic carbocycles. The van der Waals surface area contributed by atoms with Crippen molar-refractivity contribution in [2.45, 2.75) is 5.41 Å². The summed E-state index contributed by atoms with van der Waals surface area (Å²) in [5, 5.41) is 2.33. The summed E-state index contributed by atoms with van der Waals surface area (Å²) in [5.74, 6) is 3.29. The molecular weight excluding hydrogens is 767 g/mol. The van der Waals surface area contributed by atoms with Gasteiger partial charge in [0.2, 0.25) is 0 Å². The molecule has 0 amide bonds. The maximum absolute atomic E-state index is 6.61. The van der Waals surface area contributed by atoms with Gasteiger partial charge in [-0.3, -0.25) is 4.57 Å². The zero-order valence-electron chi connectivity index (χ0n) is 34.1. The predicted octanol–water partition coefficient (Wildman–Crippen LogP) is 14.7. The third-order valence-corrected chi connectivity index (χ3v) is 13.1. The predicted molar refractivity (Wildman–Crippen MR) is 255 cm³/mol. The largest absolute Gasteiger partial charge is 0.457 e. The molecule has 0 unspecified atom stereocenters. The number of fused-ring (bicyclic) bond motifs is 12. The van der Waals surface area contributed by atoms with Gasteiger partial charge < -0.3 is 4.74 Å². The van der Waals surface area contributed by atoms with Gasteiger partial charge in [0.15, 0.2) is 5.82 Å². The molecule has 0 fully saturated rings. The van der Waals surface area contributed by atoms with Crippen molar-refractivity contribution >= 4 is 21.8 Å². The Morgan fingerprint density at radius 3 is 1.65 bits per heavy atom. The van der Waals surface area contributed by atoms with Gasteiger partial charge in [0.05, 0.1) is 22.1 Å². The molecule has 2 aromatic heterocycles. The molecule has 0 atom stereocenters. The molecule has 0 radical (unpaired) electrons. The van der Waals surface area contributed by atoms with E-state index in [1.54, 1.807) is 0 Å². The molecule has 1 spiro atoms. The molecule has 1 aliphatic heterocycles. The van der Waals surface area contributed by atoms with E-state index in [0.717, 1.165) is 72.8 Å². The van der Waals surface area contributed by atoms with Crippen molar-refractivity contribution in [1.82, 2.24) is 14.5 Å². The zero-order chi connectivity index (χ0) is 41.5. The molecule has 4 heteroatoms. The fourth-order valence-corrected chi connectivity index (χ4v) is 10.3. The molecule has 2 aliphatic rings. The quantitative estimate of drug-likeness (QED) is 0.174. The Labute approximate surface area is 365 Å². The smallest absolute Gasteiger partial charge is 0.162 e. The van der Waals surface area contributed by atoms with E-state index in [-0.39, 0.29) is 0 Å².